The molecule has 0 spiro atoms. The first-order valence-electron chi connectivity index (χ1n) is 11.8. The Hall–Kier alpha value is -4.09. The van der Waals surface area contributed by atoms with E-state index in [9.17, 15) is 18.4 Å². The summed E-state index contributed by atoms with van der Waals surface area (Å²) in [7, 11) is 0. The van der Waals surface area contributed by atoms with Crippen LogP contribution in [0.25, 0.3) is 0 Å². The van der Waals surface area contributed by atoms with Crippen LogP contribution in [-0.2, 0) is 16.0 Å². The number of rotatable bonds is 9. The number of anilines is 2. The molecule has 0 unspecified atom stereocenters. The summed E-state index contributed by atoms with van der Waals surface area (Å²) in [6, 6.07) is 11.7. The minimum atomic E-state index is -0.817. The fourth-order valence-electron chi connectivity index (χ4n) is 3.65. The Kier molecular flexibility index (Phi) is 8.95. The lowest BCUT2D eigenvalue weighted by Gasteiger charge is -2.26. The van der Waals surface area contributed by atoms with Crippen molar-refractivity contribution in [3.63, 3.8) is 0 Å². The van der Waals surface area contributed by atoms with Crippen molar-refractivity contribution in [1.82, 2.24) is 15.2 Å². The molecule has 0 bridgehead atoms. The van der Waals surface area contributed by atoms with Gasteiger partial charge in [0, 0.05) is 50.2 Å². The first-order valence-corrected chi connectivity index (χ1v) is 11.8. The number of pyridine rings is 1. The molecule has 3 aromatic rings. The number of carbonyl (C=O) groups excluding carboxylic acids is 2. The molecule has 2 heterocycles. The number of aromatic nitrogens is 1. The van der Waals surface area contributed by atoms with Crippen LogP contribution in [0.5, 0.6) is 11.5 Å². The van der Waals surface area contributed by atoms with Crippen LogP contribution in [0.3, 0.4) is 0 Å². The summed E-state index contributed by atoms with van der Waals surface area (Å²) >= 11 is 0. The second-order valence-electron chi connectivity index (χ2n) is 8.31. The van der Waals surface area contributed by atoms with E-state index >= 15 is 0 Å². The third kappa shape index (κ3) is 8.23. The predicted octanol–water partition coefficient (Wildman–Crippen LogP) is 3.79. The highest BCUT2D eigenvalue weighted by atomic mass is 19.1. The van der Waals surface area contributed by atoms with E-state index in [0.29, 0.717) is 23.7 Å². The number of amides is 3. The topological polar surface area (TPSA) is 105 Å². The molecule has 37 heavy (non-hydrogen) atoms. The van der Waals surface area contributed by atoms with Crippen LogP contribution in [0.4, 0.5) is 25.1 Å². The van der Waals surface area contributed by atoms with E-state index in [4.69, 9.17) is 9.47 Å². The molecule has 1 aliphatic rings. The number of morpholine rings is 1. The van der Waals surface area contributed by atoms with E-state index in [1.54, 1.807) is 18.3 Å². The molecule has 4 rings (SSSR count). The van der Waals surface area contributed by atoms with Gasteiger partial charge in [-0.3, -0.25) is 15.0 Å². The Balaban J connectivity index is 1.26. The van der Waals surface area contributed by atoms with Crippen molar-refractivity contribution in [3.05, 3.63) is 78.0 Å². The van der Waals surface area contributed by atoms with Crippen LogP contribution in [0, 0.1) is 11.6 Å². The molecule has 0 aliphatic carbocycles. The zero-order valence-corrected chi connectivity index (χ0v) is 20.0. The maximum absolute atomic E-state index is 14.6. The summed E-state index contributed by atoms with van der Waals surface area (Å²) < 4.78 is 38.6. The Labute approximate surface area is 212 Å². The fourth-order valence-corrected chi connectivity index (χ4v) is 3.65. The standard InChI is InChI=1S/C26H27F2N5O4/c27-19-3-1-18(2-4-19)15-25(34)32-26(35)31-20-5-6-23(22(28)16-20)37-21-7-8-29-24(17-21)30-9-10-33-11-13-36-14-12-33/h1-8,16-17H,9-15H2,(H,29,30)(H2,31,32,34,35). The van der Waals surface area contributed by atoms with Crippen molar-refractivity contribution in [1.29, 1.82) is 0 Å². The summed E-state index contributed by atoms with van der Waals surface area (Å²) in [4.78, 5) is 30.7. The van der Waals surface area contributed by atoms with Crippen molar-refractivity contribution in [2.75, 3.05) is 50.0 Å². The lowest BCUT2D eigenvalue weighted by molar-refractivity contribution is -0.119. The minimum absolute atomic E-state index is 0.0381. The summed E-state index contributed by atoms with van der Waals surface area (Å²) in [5.74, 6) is -0.745. The Morgan fingerprint density at radius 3 is 2.57 bits per heavy atom. The number of nitrogens with one attached hydrogen (secondary N) is 3. The van der Waals surface area contributed by atoms with Crippen LogP contribution in [0.1, 0.15) is 5.56 Å². The molecule has 0 saturated carbocycles. The average molecular weight is 512 g/mol. The zero-order chi connectivity index (χ0) is 26.0. The molecular formula is C26H27F2N5O4. The highest BCUT2D eigenvalue weighted by molar-refractivity contribution is 6.01. The van der Waals surface area contributed by atoms with E-state index < -0.39 is 23.6 Å². The SMILES string of the molecule is O=C(Cc1ccc(F)cc1)NC(=O)Nc1ccc(Oc2ccnc(NCCN3CCOCC3)c2)c(F)c1. The van der Waals surface area contributed by atoms with Gasteiger partial charge in [-0.05, 0) is 35.9 Å². The van der Waals surface area contributed by atoms with Crippen molar-refractivity contribution in [2.45, 2.75) is 6.42 Å². The van der Waals surface area contributed by atoms with Gasteiger partial charge < -0.3 is 20.1 Å². The largest absolute Gasteiger partial charge is 0.454 e. The second kappa shape index (κ2) is 12.7. The highest BCUT2D eigenvalue weighted by Gasteiger charge is 2.13. The van der Waals surface area contributed by atoms with E-state index in [1.807, 2.05) is 0 Å². The number of halogens is 2. The van der Waals surface area contributed by atoms with Crippen LogP contribution in [0.2, 0.25) is 0 Å². The molecule has 1 aromatic heterocycles. The molecule has 0 atom stereocenters. The monoisotopic (exact) mass is 511 g/mol. The lowest BCUT2D eigenvalue weighted by atomic mass is 10.1. The third-order valence-corrected chi connectivity index (χ3v) is 5.52. The Bertz CT molecular complexity index is 1220. The smallest absolute Gasteiger partial charge is 0.325 e. The predicted molar refractivity (Wildman–Crippen MR) is 134 cm³/mol. The first kappa shape index (κ1) is 26.0. The van der Waals surface area contributed by atoms with Gasteiger partial charge in [-0.2, -0.15) is 0 Å². The summed E-state index contributed by atoms with van der Waals surface area (Å²) in [5, 5.41) is 7.78. The maximum atomic E-state index is 14.6. The van der Waals surface area contributed by atoms with E-state index in [2.05, 4.69) is 25.8 Å². The van der Waals surface area contributed by atoms with Gasteiger partial charge in [0.25, 0.3) is 0 Å². The van der Waals surface area contributed by atoms with Gasteiger partial charge in [-0.1, -0.05) is 12.1 Å². The molecule has 3 amide bonds. The zero-order valence-electron chi connectivity index (χ0n) is 20.0. The van der Waals surface area contributed by atoms with Crippen LogP contribution in [0.15, 0.2) is 60.8 Å². The summed E-state index contributed by atoms with van der Waals surface area (Å²) in [6.07, 6.45) is 1.46. The Morgan fingerprint density at radius 1 is 1.03 bits per heavy atom. The lowest BCUT2D eigenvalue weighted by Crippen LogP contribution is -2.39. The first-order chi connectivity index (χ1) is 17.9. The van der Waals surface area contributed by atoms with Gasteiger partial charge in [0.1, 0.15) is 17.4 Å². The molecule has 1 fully saturated rings. The molecule has 1 saturated heterocycles. The normalized spacial score (nSPS) is 13.6. The quantitative estimate of drug-likeness (QED) is 0.402. The van der Waals surface area contributed by atoms with Crippen molar-refractivity contribution >= 4 is 23.4 Å². The van der Waals surface area contributed by atoms with Gasteiger partial charge in [-0.15, -0.1) is 0 Å². The number of benzene rings is 2. The average Bonchev–Trinajstić information content (AvgIpc) is 2.88. The molecular weight excluding hydrogens is 484 g/mol. The molecule has 1 aliphatic heterocycles. The summed E-state index contributed by atoms with van der Waals surface area (Å²) in [5.41, 5.74) is 0.683. The van der Waals surface area contributed by atoms with Crippen molar-refractivity contribution in [3.8, 4) is 11.5 Å². The number of urea groups is 1. The highest BCUT2D eigenvalue weighted by Crippen LogP contribution is 2.27. The van der Waals surface area contributed by atoms with Gasteiger partial charge in [0.15, 0.2) is 11.6 Å². The van der Waals surface area contributed by atoms with Crippen molar-refractivity contribution in [2.24, 2.45) is 0 Å². The molecule has 11 heteroatoms. The minimum Gasteiger partial charge on any atom is -0.454 e. The number of ether oxygens (including phenoxy) is 2. The second-order valence-corrected chi connectivity index (χ2v) is 8.31. The Morgan fingerprint density at radius 2 is 1.81 bits per heavy atom. The van der Waals surface area contributed by atoms with E-state index in [-0.39, 0.29) is 17.9 Å². The van der Waals surface area contributed by atoms with E-state index in [1.165, 1.54) is 36.4 Å². The number of hydrogen-bond acceptors (Lipinski definition) is 7. The van der Waals surface area contributed by atoms with Gasteiger partial charge in [-0.25, -0.2) is 18.6 Å². The number of hydrogen-bond donors (Lipinski definition) is 3. The van der Waals surface area contributed by atoms with Crippen LogP contribution < -0.4 is 20.7 Å². The van der Waals surface area contributed by atoms with E-state index in [0.717, 1.165) is 38.9 Å². The number of imide groups is 1. The van der Waals surface area contributed by atoms with Crippen LogP contribution >= 0.6 is 0 Å². The number of carbonyl (C=O) groups is 2. The third-order valence-electron chi connectivity index (χ3n) is 5.52. The molecule has 9 nitrogen and oxygen atoms in total. The van der Waals surface area contributed by atoms with Crippen LogP contribution in [-0.4, -0.2) is 61.2 Å². The maximum Gasteiger partial charge on any atom is 0.325 e. The van der Waals surface area contributed by atoms with Crippen molar-refractivity contribution < 1.29 is 27.8 Å². The molecule has 0 radical (unpaired) electrons. The molecule has 2 aromatic carbocycles. The summed E-state index contributed by atoms with van der Waals surface area (Å²) in [6.45, 7) is 4.82. The fraction of sp³-hybridized carbons (Fsp3) is 0.269. The molecule has 3 N–H and O–H groups in total. The van der Waals surface area contributed by atoms with Gasteiger partial charge in [0.05, 0.1) is 19.6 Å². The van der Waals surface area contributed by atoms with Gasteiger partial charge >= 0.3 is 6.03 Å². The number of nitrogens with zero attached hydrogens (tertiary/aromatic N) is 2. The molecule has 194 valence electrons. The van der Waals surface area contributed by atoms with Gasteiger partial charge in [0.2, 0.25) is 5.91 Å².